The molecule has 10 heteroatoms. The van der Waals surface area contributed by atoms with E-state index in [2.05, 4.69) is 34.0 Å². The summed E-state index contributed by atoms with van der Waals surface area (Å²) in [6.45, 7) is 7.01. The van der Waals surface area contributed by atoms with E-state index in [4.69, 9.17) is 4.74 Å². The number of hydrogen-bond donors (Lipinski definition) is 1. The summed E-state index contributed by atoms with van der Waals surface area (Å²) in [5, 5.41) is 12.9. The molecule has 1 N–H and O–H groups in total. The topological polar surface area (TPSA) is 79.0 Å². The standard InChI is InChI=1S/C24H27F3N6O/c1-15-12-33(13-16(2)30-15)7-4-8-34-22-6-5-17(9-18(22)24(25,26)27)19-10-21-23(20(11-28)31-19)29-14-32(21)3/h5-6,9-10,14-16,30H,4,7-8,12-13H2,1-3H3. The summed E-state index contributed by atoms with van der Waals surface area (Å²) in [7, 11) is 1.75. The van der Waals surface area contributed by atoms with Gasteiger partial charge in [-0.1, -0.05) is 0 Å². The summed E-state index contributed by atoms with van der Waals surface area (Å²) in [4.78, 5) is 10.7. The normalized spacial score (nSPS) is 19.3. The number of nitrogens with zero attached hydrogens (tertiary/aromatic N) is 5. The number of imidazole rings is 1. The molecular formula is C24H27F3N6O. The number of hydrogen-bond acceptors (Lipinski definition) is 6. The highest BCUT2D eigenvalue weighted by Crippen LogP contribution is 2.39. The van der Waals surface area contributed by atoms with Gasteiger partial charge in [0, 0.05) is 44.3 Å². The third-order valence-corrected chi connectivity index (χ3v) is 5.91. The van der Waals surface area contributed by atoms with E-state index in [1.807, 2.05) is 6.07 Å². The zero-order chi connectivity index (χ0) is 24.5. The first-order valence-corrected chi connectivity index (χ1v) is 11.2. The molecule has 1 saturated heterocycles. The van der Waals surface area contributed by atoms with Crippen LogP contribution >= 0.6 is 0 Å². The van der Waals surface area contributed by atoms with Crippen molar-refractivity contribution in [2.75, 3.05) is 26.2 Å². The second kappa shape index (κ2) is 9.60. The lowest BCUT2D eigenvalue weighted by atomic mass is 10.1. The molecule has 2 unspecified atom stereocenters. The van der Waals surface area contributed by atoms with E-state index in [-0.39, 0.29) is 29.3 Å². The third kappa shape index (κ3) is 5.16. The van der Waals surface area contributed by atoms with Gasteiger partial charge in [-0.05, 0) is 44.5 Å². The Balaban J connectivity index is 1.53. The quantitative estimate of drug-likeness (QED) is 0.547. The highest BCUT2D eigenvalue weighted by atomic mass is 19.4. The fraction of sp³-hybridized carbons (Fsp3) is 0.458. The first-order chi connectivity index (χ1) is 16.2. The molecule has 0 amide bonds. The van der Waals surface area contributed by atoms with Crippen molar-refractivity contribution in [1.29, 1.82) is 5.26 Å². The zero-order valence-electron chi connectivity index (χ0n) is 19.4. The van der Waals surface area contributed by atoms with Crippen molar-refractivity contribution in [3.05, 3.63) is 41.9 Å². The van der Waals surface area contributed by atoms with Gasteiger partial charge in [0.05, 0.1) is 29.7 Å². The molecule has 1 fully saturated rings. The van der Waals surface area contributed by atoms with Crippen LogP contribution in [0.4, 0.5) is 13.2 Å². The number of piperazine rings is 1. The van der Waals surface area contributed by atoms with E-state index in [0.717, 1.165) is 25.7 Å². The van der Waals surface area contributed by atoms with E-state index in [0.29, 0.717) is 29.5 Å². The number of fused-ring (bicyclic) bond motifs is 1. The van der Waals surface area contributed by atoms with Crippen molar-refractivity contribution in [2.45, 2.75) is 38.5 Å². The molecule has 0 aliphatic carbocycles. The summed E-state index contributed by atoms with van der Waals surface area (Å²) in [6, 6.07) is 8.27. The number of benzene rings is 1. The Kier molecular flexibility index (Phi) is 6.77. The number of alkyl halides is 3. The average molecular weight is 473 g/mol. The minimum Gasteiger partial charge on any atom is -0.493 e. The van der Waals surface area contributed by atoms with E-state index >= 15 is 0 Å². The summed E-state index contributed by atoms with van der Waals surface area (Å²) in [5.74, 6) is -0.208. The first-order valence-electron chi connectivity index (χ1n) is 11.2. The van der Waals surface area contributed by atoms with E-state index in [1.165, 1.54) is 18.5 Å². The maximum absolute atomic E-state index is 13.9. The van der Waals surface area contributed by atoms with Gasteiger partial charge < -0.3 is 19.5 Å². The lowest BCUT2D eigenvalue weighted by molar-refractivity contribution is -0.138. The lowest BCUT2D eigenvalue weighted by Gasteiger charge is -2.36. The number of ether oxygens (including phenoxy) is 1. The van der Waals surface area contributed by atoms with Gasteiger partial charge >= 0.3 is 6.18 Å². The fourth-order valence-electron chi connectivity index (χ4n) is 4.48. The monoisotopic (exact) mass is 472 g/mol. The number of rotatable bonds is 6. The highest BCUT2D eigenvalue weighted by Gasteiger charge is 2.35. The van der Waals surface area contributed by atoms with Crippen molar-refractivity contribution < 1.29 is 17.9 Å². The van der Waals surface area contributed by atoms with Gasteiger partial charge in [-0.15, -0.1) is 0 Å². The van der Waals surface area contributed by atoms with Crippen molar-refractivity contribution in [1.82, 2.24) is 24.8 Å². The Morgan fingerprint density at radius 3 is 2.62 bits per heavy atom. The van der Waals surface area contributed by atoms with Gasteiger partial charge in [0.2, 0.25) is 0 Å². The summed E-state index contributed by atoms with van der Waals surface area (Å²) in [5.41, 5.74) is 0.762. The molecule has 0 saturated carbocycles. The Bertz CT molecular complexity index is 1210. The Labute approximate surface area is 196 Å². The molecule has 180 valence electrons. The van der Waals surface area contributed by atoms with Crippen molar-refractivity contribution >= 4 is 11.0 Å². The molecular weight excluding hydrogens is 445 g/mol. The summed E-state index contributed by atoms with van der Waals surface area (Å²) in [6.07, 6.45) is -2.43. The van der Waals surface area contributed by atoms with Crippen LogP contribution in [-0.4, -0.2) is 57.8 Å². The smallest absolute Gasteiger partial charge is 0.419 e. The number of nitriles is 1. The Hall–Kier alpha value is -3.16. The fourth-order valence-corrected chi connectivity index (χ4v) is 4.48. The molecule has 0 spiro atoms. The van der Waals surface area contributed by atoms with Crippen LogP contribution in [0, 0.1) is 11.3 Å². The van der Waals surface area contributed by atoms with Crippen LogP contribution < -0.4 is 10.1 Å². The number of aromatic nitrogens is 3. The molecule has 1 aliphatic heterocycles. The zero-order valence-corrected chi connectivity index (χ0v) is 19.4. The van der Waals surface area contributed by atoms with Crippen LogP contribution in [0.3, 0.4) is 0 Å². The second-order valence-electron chi connectivity index (χ2n) is 8.83. The van der Waals surface area contributed by atoms with Gasteiger partial charge in [0.15, 0.2) is 5.69 Å². The van der Waals surface area contributed by atoms with E-state index in [9.17, 15) is 18.4 Å². The lowest BCUT2D eigenvalue weighted by Crippen LogP contribution is -2.54. The molecule has 0 radical (unpaired) electrons. The van der Waals surface area contributed by atoms with Gasteiger partial charge in [0.25, 0.3) is 0 Å². The van der Waals surface area contributed by atoms with E-state index < -0.39 is 11.7 Å². The maximum atomic E-state index is 13.9. The molecule has 3 heterocycles. The van der Waals surface area contributed by atoms with Gasteiger partial charge in [0.1, 0.15) is 17.3 Å². The molecule has 1 aromatic carbocycles. The van der Waals surface area contributed by atoms with Crippen molar-refractivity contribution in [2.24, 2.45) is 7.05 Å². The number of nitrogens with one attached hydrogen (secondary N) is 1. The van der Waals surface area contributed by atoms with Crippen LogP contribution in [0.1, 0.15) is 31.5 Å². The first kappa shape index (κ1) is 24.0. The molecule has 0 bridgehead atoms. The Morgan fingerprint density at radius 2 is 1.94 bits per heavy atom. The van der Waals surface area contributed by atoms with Crippen LogP contribution in [-0.2, 0) is 13.2 Å². The molecule has 4 rings (SSSR count). The number of aryl methyl sites for hydroxylation is 1. The van der Waals surface area contributed by atoms with E-state index in [1.54, 1.807) is 17.7 Å². The Morgan fingerprint density at radius 1 is 1.21 bits per heavy atom. The predicted octanol–water partition coefficient (Wildman–Crippen LogP) is 3.98. The minimum absolute atomic E-state index is 0.0681. The molecule has 2 atom stereocenters. The minimum atomic E-state index is -4.59. The van der Waals surface area contributed by atoms with Crippen LogP contribution in [0.5, 0.6) is 5.75 Å². The van der Waals surface area contributed by atoms with Crippen molar-refractivity contribution in [3.8, 4) is 23.1 Å². The third-order valence-electron chi connectivity index (χ3n) is 5.91. The van der Waals surface area contributed by atoms with Crippen LogP contribution in [0.15, 0.2) is 30.6 Å². The molecule has 34 heavy (non-hydrogen) atoms. The van der Waals surface area contributed by atoms with Gasteiger partial charge in [-0.25, -0.2) is 9.97 Å². The van der Waals surface area contributed by atoms with Crippen LogP contribution in [0.2, 0.25) is 0 Å². The van der Waals surface area contributed by atoms with Crippen molar-refractivity contribution in [3.63, 3.8) is 0 Å². The second-order valence-corrected chi connectivity index (χ2v) is 8.83. The number of pyridine rings is 1. The van der Waals surface area contributed by atoms with Crippen LogP contribution in [0.25, 0.3) is 22.3 Å². The maximum Gasteiger partial charge on any atom is 0.419 e. The molecule has 2 aromatic heterocycles. The predicted molar refractivity (Wildman–Crippen MR) is 122 cm³/mol. The van der Waals surface area contributed by atoms with Gasteiger partial charge in [-0.2, -0.15) is 18.4 Å². The highest BCUT2D eigenvalue weighted by molar-refractivity contribution is 5.84. The largest absolute Gasteiger partial charge is 0.493 e. The molecule has 7 nitrogen and oxygen atoms in total. The van der Waals surface area contributed by atoms with Gasteiger partial charge in [-0.3, -0.25) is 0 Å². The summed E-state index contributed by atoms with van der Waals surface area (Å²) >= 11 is 0. The molecule has 1 aliphatic rings. The molecule has 3 aromatic rings. The average Bonchev–Trinajstić information content (AvgIpc) is 3.15. The SMILES string of the molecule is CC1CN(CCCOc2ccc(-c3cc4c(ncn4C)c(C#N)n3)cc2C(F)(F)F)CC(C)N1. The number of halogens is 3. The summed E-state index contributed by atoms with van der Waals surface area (Å²) < 4.78 is 48.9.